The van der Waals surface area contributed by atoms with Crippen molar-refractivity contribution in [2.45, 2.75) is 19.8 Å². The van der Waals surface area contributed by atoms with Crippen LogP contribution in [0.3, 0.4) is 0 Å². The Morgan fingerprint density at radius 2 is 1.75 bits per heavy atom. The minimum Gasteiger partial charge on any atom is -0.325 e. The van der Waals surface area contributed by atoms with Crippen molar-refractivity contribution in [1.29, 1.82) is 0 Å². The Morgan fingerprint density at radius 1 is 1.00 bits per heavy atom. The molecular formula is C17H15BrF2N2O2. The maximum Gasteiger partial charge on any atom is 0.224 e. The van der Waals surface area contributed by atoms with Crippen LogP contribution in [0.1, 0.15) is 18.9 Å². The molecule has 0 spiro atoms. The van der Waals surface area contributed by atoms with Gasteiger partial charge in [-0.2, -0.15) is 0 Å². The van der Waals surface area contributed by atoms with Crippen LogP contribution in [0.4, 0.5) is 20.2 Å². The Labute approximate surface area is 146 Å². The average molecular weight is 397 g/mol. The number of halogens is 3. The van der Waals surface area contributed by atoms with Crippen molar-refractivity contribution in [3.8, 4) is 0 Å². The molecule has 126 valence electrons. The molecule has 7 heteroatoms. The summed E-state index contributed by atoms with van der Waals surface area (Å²) in [6.07, 6.45) is 0.365. The Hall–Kier alpha value is -2.28. The monoisotopic (exact) mass is 396 g/mol. The first-order chi connectivity index (χ1) is 11.3. The second-order valence-electron chi connectivity index (χ2n) is 5.17. The molecule has 2 aromatic carbocycles. The van der Waals surface area contributed by atoms with Crippen molar-refractivity contribution in [2.24, 2.45) is 0 Å². The molecule has 0 saturated carbocycles. The predicted octanol–water partition coefficient (Wildman–Crippen LogP) is 4.26. The number of rotatable bonds is 5. The van der Waals surface area contributed by atoms with Crippen LogP contribution in [-0.4, -0.2) is 11.8 Å². The molecule has 0 heterocycles. The van der Waals surface area contributed by atoms with E-state index in [1.807, 2.05) is 0 Å². The van der Waals surface area contributed by atoms with Crippen LogP contribution in [0, 0.1) is 11.6 Å². The third-order valence-electron chi connectivity index (χ3n) is 3.19. The smallest absolute Gasteiger partial charge is 0.224 e. The van der Waals surface area contributed by atoms with Gasteiger partial charge in [0.1, 0.15) is 0 Å². The van der Waals surface area contributed by atoms with Crippen LogP contribution in [0.2, 0.25) is 0 Å². The lowest BCUT2D eigenvalue weighted by atomic mass is 10.1. The molecule has 0 atom stereocenters. The quantitative estimate of drug-likeness (QED) is 0.793. The number of amides is 2. The molecule has 0 aliphatic heterocycles. The fourth-order valence-corrected chi connectivity index (χ4v) is 2.45. The third-order valence-corrected chi connectivity index (χ3v) is 3.68. The van der Waals surface area contributed by atoms with Crippen LogP contribution < -0.4 is 10.6 Å². The summed E-state index contributed by atoms with van der Waals surface area (Å²) in [4.78, 5) is 23.3. The average Bonchev–Trinajstić information content (AvgIpc) is 2.51. The van der Waals surface area contributed by atoms with Crippen molar-refractivity contribution >= 4 is 39.1 Å². The molecule has 24 heavy (non-hydrogen) atoms. The van der Waals surface area contributed by atoms with E-state index in [0.717, 1.165) is 16.6 Å². The molecule has 0 bridgehead atoms. The molecule has 0 radical (unpaired) electrons. The predicted molar refractivity (Wildman–Crippen MR) is 91.8 cm³/mol. The standard InChI is InChI=1S/C17H15BrF2N2O2/c1-10(23)21-15-6-4-12(18)9-16(15)22-17(24)7-3-11-2-5-13(19)14(20)8-11/h2,4-6,8-9H,3,7H2,1H3,(H,21,23)(H,22,24). The van der Waals surface area contributed by atoms with Crippen LogP contribution in [-0.2, 0) is 16.0 Å². The lowest BCUT2D eigenvalue weighted by Gasteiger charge is -2.12. The van der Waals surface area contributed by atoms with E-state index in [0.29, 0.717) is 16.9 Å². The van der Waals surface area contributed by atoms with Crippen molar-refractivity contribution in [2.75, 3.05) is 10.6 Å². The van der Waals surface area contributed by atoms with Gasteiger partial charge >= 0.3 is 0 Å². The van der Waals surface area contributed by atoms with E-state index in [9.17, 15) is 18.4 Å². The molecule has 2 amide bonds. The van der Waals surface area contributed by atoms with Gasteiger partial charge in [-0.1, -0.05) is 22.0 Å². The van der Waals surface area contributed by atoms with Crippen molar-refractivity contribution in [3.63, 3.8) is 0 Å². The van der Waals surface area contributed by atoms with E-state index in [1.165, 1.54) is 13.0 Å². The van der Waals surface area contributed by atoms with Crippen LogP contribution >= 0.6 is 15.9 Å². The van der Waals surface area contributed by atoms with E-state index in [2.05, 4.69) is 26.6 Å². The maximum absolute atomic E-state index is 13.1. The highest BCUT2D eigenvalue weighted by Gasteiger charge is 2.10. The summed E-state index contributed by atoms with van der Waals surface area (Å²) in [6.45, 7) is 1.37. The van der Waals surface area contributed by atoms with Crippen LogP contribution in [0.25, 0.3) is 0 Å². The number of hydrogen-bond acceptors (Lipinski definition) is 2. The van der Waals surface area contributed by atoms with E-state index in [4.69, 9.17) is 0 Å². The topological polar surface area (TPSA) is 58.2 Å². The second kappa shape index (κ2) is 8.01. The number of benzene rings is 2. The molecule has 0 aliphatic rings. The Morgan fingerprint density at radius 3 is 2.42 bits per heavy atom. The van der Waals surface area contributed by atoms with Gasteiger partial charge < -0.3 is 10.6 Å². The lowest BCUT2D eigenvalue weighted by Crippen LogP contribution is -2.15. The highest BCUT2D eigenvalue weighted by molar-refractivity contribution is 9.10. The van der Waals surface area contributed by atoms with Gasteiger partial charge in [0.05, 0.1) is 11.4 Å². The minimum absolute atomic E-state index is 0.0943. The normalized spacial score (nSPS) is 10.3. The van der Waals surface area contributed by atoms with Gasteiger partial charge in [-0.3, -0.25) is 9.59 Å². The molecule has 2 rings (SSSR count). The fraction of sp³-hybridized carbons (Fsp3) is 0.176. The largest absolute Gasteiger partial charge is 0.325 e. The zero-order valence-electron chi connectivity index (χ0n) is 12.8. The van der Waals surface area contributed by atoms with Gasteiger partial charge in [0, 0.05) is 17.8 Å². The number of aryl methyl sites for hydroxylation is 1. The van der Waals surface area contributed by atoms with Gasteiger partial charge in [0.15, 0.2) is 11.6 Å². The summed E-state index contributed by atoms with van der Waals surface area (Å²) < 4.78 is 26.8. The fourth-order valence-electron chi connectivity index (χ4n) is 2.08. The zero-order valence-corrected chi connectivity index (χ0v) is 14.4. The Balaban J connectivity index is 2.02. The van der Waals surface area contributed by atoms with Crippen molar-refractivity contribution in [1.82, 2.24) is 0 Å². The van der Waals surface area contributed by atoms with E-state index in [-0.39, 0.29) is 24.7 Å². The third kappa shape index (κ3) is 5.13. The lowest BCUT2D eigenvalue weighted by molar-refractivity contribution is -0.116. The van der Waals surface area contributed by atoms with Gasteiger partial charge in [-0.05, 0) is 42.3 Å². The molecule has 0 aliphatic carbocycles. The summed E-state index contributed by atoms with van der Waals surface area (Å²) >= 11 is 3.30. The van der Waals surface area contributed by atoms with Gasteiger partial charge in [0.2, 0.25) is 11.8 Å². The van der Waals surface area contributed by atoms with Crippen LogP contribution in [0.15, 0.2) is 40.9 Å². The van der Waals surface area contributed by atoms with Gasteiger partial charge in [-0.25, -0.2) is 8.78 Å². The maximum atomic E-state index is 13.1. The number of hydrogen-bond donors (Lipinski definition) is 2. The SMILES string of the molecule is CC(=O)Nc1ccc(Br)cc1NC(=O)CCc1ccc(F)c(F)c1. The molecule has 0 unspecified atom stereocenters. The zero-order chi connectivity index (χ0) is 17.7. The molecule has 0 saturated heterocycles. The van der Waals surface area contributed by atoms with E-state index < -0.39 is 11.6 Å². The first-order valence-corrected chi connectivity index (χ1v) is 7.95. The van der Waals surface area contributed by atoms with Gasteiger partial charge in [-0.15, -0.1) is 0 Å². The highest BCUT2D eigenvalue weighted by atomic mass is 79.9. The van der Waals surface area contributed by atoms with Crippen LogP contribution in [0.5, 0.6) is 0 Å². The minimum atomic E-state index is -0.937. The van der Waals surface area contributed by atoms with E-state index in [1.54, 1.807) is 18.2 Å². The molecule has 4 nitrogen and oxygen atoms in total. The van der Waals surface area contributed by atoms with E-state index >= 15 is 0 Å². The molecule has 2 N–H and O–H groups in total. The number of carbonyl (C=O) groups excluding carboxylic acids is 2. The second-order valence-corrected chi connectivity index (χ2v) is 6.08. The summed E-state index contributed by atoms with van der Waals surface area (Å²) in [5, 5.41) is 5.33. The van der Waals surface area contributed by atoms with Crippen molar-refractivity contribution < 1.29 is 18.4 Å². The van der Waals surface area contributed by atoms with Crippen molar-refractivity contribution in [3.05, 3.63) is 58.1 Å². The molecular weight excluding hydrogens is 382 g/mol. The number of nitrogens with one attached hydrogen (secondary N) is 2. The first kappa shape index (κ1) is 18.1. The molecule has 0 aromatic heterocycles. The molecule has 0 fully saturated rings. The van der Waals surface area contributed by atoms with Gasteiger partial charge in [0.25, 0.3) is 0 Å². The summed E-state index contributed by atoms with van der Waals surface area (Å²) in [6, 6.07) is 8.61. The summed E-state index contributed by atoms with van der Waals surface area (Å²) in [5.41, 5.74) is 1.46. The first-order valence-electron chi connectivity index (χ1n) is 7.16. The molecule has 2 aromatic rings. The Kier molecular flexibility index (Phi) is 6.03. The highest BCUT2D eigenvalue weighted by Crippen LogP contribution is 2.26. The number of carbonyl (C=O) groups is 2. The number of anilines is 2. The summed E-state index contributed by atoms with van der Waals surface area (Å²) in [5.74, 6) is -2.41. The Bertz CT molecular complexity index is 781. The summed E-state index contributed by atoms with van der Waals surface area (Å²) in [7, 11) is 0.